The Labute approximate surface area is 83.0 Å². The zero-order valence-electron chi connectivity index (χ0n) is 8.20. The highest BCUT2D eigenvalue weighted by molar-refractivity contribution is 5.84. The number of hydrogen-bond donors (Lipinski definition) is 1. The standard InChI is InChI=1S/C9H11N5/c1-14(2)9-3-4-12-7(5-10)8(6-11)13-9/h12H,3-4H2,1-2H3. The van der Waals surface area contributed by atoms with Gasteiger partial charge in [-0.3, -0.25) is 0 Å². The first kappa shape index (κ1) is 10.1. The molecule has 1 aliphatic rings. The summed E-state index contributed by atoms with van der Waals surface area (Å²) in [6.45, 7) is 0.630. The highest BCUT2D eigenvalue weighted by Crippen LogP contribution is 2.08. The van der Waals surface area contributed by atoms with Crippen LogP contribution in [0.4, 0.5) is 0 Å². The van der Waals surface area contributed by atoms with Crippen LogP contribution in [-0.2, 0) is 0 Å². The number of nitrogens with one attached hydrogen (secondary N) is 1. The van der Waals surface area contributed by atoms with Crippen molar-refractivity contribution in [3.63, 3.8) is 0 Å². The molecule has 0 amide bonds. The summed E-state index contributed by atoms with van der Waals surface area (Å²) < 4.78 is 0. The normalized spacial score (nSPS) is 15.9. The van der Waals surface area contributed by atoms with Gasteiger partial charge in [0.2, 0.25) is 0 Å². The minimum atomic E-state index is 0.161. The van der Waals surface area contributed by atoms with Crippen LogP contribution in [0, 0.1) is 22.7 Å². The molecule has 0 aromatic heterocycles. The molecule has 1 rings (SSSR count). The lowest BCUT2D eigenvalue weighted by Crippen LogP contribution is -2.24. The van der Waals surface area contributed by atoms with Crippen LogP contribution in [0.5, 0.6) is 0 Å². The Kier molecular flexibility index (Phi) is 3.09. The van der Waals surface area contributed by atoms with Gasteiger partial charge in [-0.2, -0.15) is 10.5 Å². The van der Waals surface area contributed by atoms with Crippen LogP contribution < -0.4 is 5.32 Å². The molecular formula is C9H11N5. The summed E-state index contributed by atoms with van der Waals surface area (Å²) >= 11 is 0. The predicted molar refractivity (Wildman–Crippen MR) is 52.0 cm³/mol. The Hall–Kier alpha value is -2.01. The van der Waals surface area contributed by atoms with E-state index in [9.17, 15) is 0 Å². The number of hydrogen-bond acceptors (Lipinski definition) is 5. The molecule has 0 aromatic rings. The fourth-order valence-corrected chi connectivity index (χ4v) is 1.12. The maximum absolute atomic E-state index is 8.79. The van der Waals surface area contributed by atoms with Crippen LogP contribution in [0.25, 0.3) is 0 Å². The first-order valence-corrected chi connectivity index (χ1v) is 4.22. The van der Waals surface area contributed by atoms with Gasteiger partial charge in [0.25, 0.3) is 0 Å². The fourth-order valence-electron chi connectivity index (χ4n) is 1.12. The average molecular weight is 189 g/mol. The monoisotopic (exact) mass is 189 g/mol. The van der Waals surface area contributed by atoms with Gasteiger partial charge in [-0.1, -0.05) is 0 Å². The molecule has 0 spiro atoms. The van der Waals surface area contributed by atoms with E-state index in [1.807, 2.05) is 31.1 Å². The van der Waals surface area contributed by atoms with Crippen LogP contribution in [0.2, 0.25) is 0 Å². The largest absolute Gasteiger partial charge is 0.374 e. The van der Waals surface area contributed by atoms with Crippen molar-refractivity contribution in [2.24, 2.45) is 4.99 Å². The number of allylic oxidation sites excluding steroid dienone is 2. The molecule has 1 aliphatic heterocycles. The summed E-state index contributed by atoms with van der Waals surface area (Å²) in [7, 11) is 3.73. The molecule has 0 saturated heterocycles. The Morgan fingerprint density at radius 3 is 2.57 bits per heavy atom. The second-order valence-corrected chi connectivity index (χ2v) is 3.05. The average Bonchev–Trinajstić information content (AvgIpc) is 2.38. The second-order valence-electron chi connectivity index (χ2n) is 3.05. The van der Waals surface area contributed by atoms with Gasteiger partial charge in [-0.25, -0.2) is 4.99 Å². The van der Waals surface area contributed by atoms with E-state index in [0.717, 1.165) is 5.84 Å². The van der Waals surface area contributed by atoms with Crippen molar-refractivity contribution in [2.45, 2.75) is 6.42 Å². The number of nitriles is 2. The van der Waals surface area contributed by atoms with Gasteiger partial charge in [0.1, 0.15) is 18.0 Å². The van der Waals surface area contributed by atoms with Crippen molar-refractivity contribution < 1.29 is 0 Å². The number of amidine groups is 1. The van der Waals surface area contributed by atoms with Crippen LogP contribution >= 0.6 is 0 Å². The van der Waals surface area contributed by atoms with E-state index in [-0.39, 0.29) is 11.4 Å². The van der Waals surface area contributed by atoms with Crippen molar-refractivity contribution in [3.05, 3.63) is 11.4 Å². The van der Waals surface area contributed by atoms with Crippen LogP contribution in [-0.4, -0.2) is 31.4 Å². The van der Waals surface area contributed by atoms with E-state index in [2.05, 4.69) is 10.3 Å². The lowest BCUT2D eigenvalue weighted by molar-refractivity contribution is 0.601. The van der Waals surface area contributed by atoms with Gasteiger partial charge >= 0.3 is 0 Å². The minimum Gasteiger partial charge on any atom is -0.374 e. The molecule has 0 saturated carbocycles. The molecule has 0 radical (unpaired) electrons. The molecular weight excluding hydrogens is 178 g/mol. The van der Waals surface area contributed by atoms with E-state index in [4.69, 9.17) is 10.5 Å². The summed E-state index contributed by atoms with van der Waals surface area (Å²) in [5, 5.41) is 20.4. The zero-order valence-corrected chi connectivity index (χ0v) is 8.20. The molecule has 14 heavy (non-hydrogen) atoms. The molecule has 5 nitrogen and oxygen atoms in total. The van der Waals surface area contributed by atoms with Crippen LogP contribution in [0.3, 0.4) is 0 Å². The second kappa shape index (κ2) is 4.29. The smallest absolute Gasteiger partial charge is 0.176 e. The fraction of sp³-hybridized carbons (Fsp3) is 0.444. The van der Waals surface area contributed by atoms with Gasteiger partial charge < -0.3 is 10.2 Å². The third-order valence-corrected chi connectivity index (χ3v) is 1.86. The van der Waals surface area contributed by atoms with Gasteiger partial charge in [0, 0.05) is 27.1 Å². The number of aliphatic imine (C=N–C) groups is 1. The molecule has 0 bridgehead atoms. The van der Waals surface area contributed by atoms with E-state index in [0.29, 0.717) is 13.0 Å². The van der Waals surface area contributed by atoms with Gasteiger partial charge in [0.05, 0.1) is 0 Å². The Morgan fingerprint density at radius 2 is 2.07 bits per heavy atom. The zero-order chi connectivity index (χ0) is 10.6. The van der Waals surface area contributed by atoms with Gasteiger partial charge in [-0.15, -0.1) is 0 Å². The summed E-state index contributed by atoms with van der Waals surface area (Å²) in [6, 6.07) is 3.84. The predicted octanol–water partition coefficient (Wildman–Crippen LogP) is 0.199. The summed E-state index contributed by atoms with van der Waals surface area (Å²) in [5.74, 6) is 0.805. The summed E-state index contributed by atoms with van der Waals surface area (Å²) in [4.78, 5) is 5.97. The topological polar surface area (TPSA) is 75.2 Å². The van der Waals surface area contributed by atoms with Crippen LogP contribution in [0.1, 0.15) is 6.42 Å². The van der Waals surface area contributed by atoms with E-state index < -0.39 is 0 Å². The number of rotatable bonds is 0. The third kappa shape index (κ3) is 2.02. The Bertz CT molecular complexity index is 364. The molecule has 1 N–H and O–H groups in total. The Morgan fingerprint density at radius 1 is 1.36 bits per heavy atom. The first-order chi connectivity index (χ1) is 6.69. The van der Waals surface area contributed by atoms with Crippen molar-refractivity contribution in [2.75, 3.05) is 20.6 Å². The quantitative estimate of drug-likeness (QED) is 0.590. The first-order valence-electron chi connectivity index (χ1n) is 4.22. The van der Waals surface area contributed by atoms with Crippen molar-refractivity contribution in [3.8, 4) is 12.1 Å². The minimum absolute atomic E-state index is 0.161. The van der Waals surface area contributed by atoms with Crippen molar-refractivity contribution in [1.82, 2.24) is 10.2 Å². The molecule has 0 fully saturated rings. The van der Waals surface area contributed by atoms with Gasteiger partial charge in [-0.05, 0) is 0 Å². The van der Waals surface area contributed by atoms with Crippen molar-refractivity contribution in [1.29, 1.82) is 10.5 Å². The highest BCUT2D eigenvalue weighted by atomic mass is 15.1. The molecule has 0 unspecified atom stereocenters. The molecule has 5 heteroatoms. The Balaban J connectivity index is 3.09. The molecule has 72 valence electrons. The third-order valence-electron chi connectivity index (χ3n) is 1.86. The highest BCUT2D eigenvalue weighted by Gasteiger charge is 2.12. The lowest BCUT2D eigenvalue weighted by Gasteiger charge is -2.13. The van der Waals surface area contributed by atoms with E-state index >= 15 is 0 Å². The SMILES string of the molecule is CN(C)C1=NC(C#N)=C(C#N)NCC1. The molecule has 1 heterocycles. The van der Waals surface area contributed by atoms with Crippen LogP contribution in [0.15, 0.2) is 16.4 Å². The van der Waals surface area contributed by atoms with Crippen molar-refractivity contribution >= 4 is 5.84 Å². The molecule has 0 aliphatic carbocycles. The lowest BCUT2D eigenvalue weighted by atomic mass is 10.3. The molecule has 0 atom stereocenters. The maximum atomic E-state index is 8.79. The maximum Gasteiger partial charge on any atom is 0.176 e. The van der Waals surface area contributed by atoms with E-state index in [1.54, 1.807) is 0 Å². The molecule has 0 aromatic carbocycles. The van der Waals surface area contributed by atoms with E-state index in [1.165, 1.54) is 0 Å². The number of nitrogens with zero attached hydrogens (tertiary/aromatic N) is 4. The summed E-state index contributed by atoms with van der Waals surface area (Å²) in [6.07, 6.45) is 0.712. The summed E-state index contributed by atoms with van der Waals surface area (Å²) in [5.41, 5.74) is 0.415. The van der Waals surface area contributed by atoms with Gasteiger partial charge in [0.15, 0.2) is 11.4 Å².